The van der Waals surface area contributed by atoms with Crippen LogP contribution in [0.5, 0.6) is 0 Å². The van der Waals surface area contributed by atoms with E-state index in [2.05, 4.69) is 27.9 Å². The molecule has 5 nitrogen and oxygen atoms in total. The van der Waals surface area contributed by atoms with Gasteiger partial charge < -0.3 is 10.6 Å². The lowest BCUT2D eigenvalue weighted by Crippen LogP contribution is -2.27. The van der Waals surface area contributed by atoms with E-state index in [0.29, 0.717) is 24.6 Å². The Hall–Kier alpha value is -2.14. The average Bonchev–Trinajstić information content (AvgIpc) is 3.21. The molecule has 1 fully saturated rings. The number of nitrogens with zero attached hydrogens (tertiary/aromatic N) is 2. The van der Waals surface area contributed by atoms with Crippen molar-refractivity contribution in [3.8, 4) is 0 Å². The minimum Gasteiger partial charge on any atom is -0.350 e. The lowest BCUT2D eigenvalue weighted by molar-refractivity contribution is 0.0952. The normalized spacial score (nSPS) is 17.8. The minimum absolute atomic E-state index is 0.0294. The van der Waals surface area contributed by atoms with Crippen molar-refractivity contribution < 1.29 is 4.79 Å². The molecule has 1 aromatic heterocycles. The van der Waals surface area contributed by atoms with Crippen LogP contribution >= 0.6 is 0 Å². The molecule has 0 spiro atoms. The van der Waals surface area contributed by atoms with Crippen molar-refractivity contribution >= 4 is 5.91 Å². The monoisotopic (exact) mass is 284 g/mol. The van der Waals surface area contributed by atoms with Gasteiger partial charge in [-0.3, -0.25) is 9.48 Å². The van der Waals surface area contributed by atoms with Gasteiger partial charge in [0.15, 0.2) is 0 Å². The first kappa shape index (κ1) is 13.8. The molecule has 21 heavy (non-hydrogen) atoms. The third-order valence-corrected chi connectivity index (χ3v) is 3.89. The fourth-order valence-electron chi connectivity index (χ4n) is 2.66. The van der Waals surface area contributed by atoms with E-state index in [1.54, 1.807) is 10.9 Å². The van der Waals surface area contributed by atoms with Crippen LogP contribution in [0.3, 0.4) is 0 Å². The second-order valence-electron chi connectivity index (χ2n) is 5.34. The van der Waals surface area contributed by atoms with E-state index >= 15 is 0 Å². The summed E-state index contributed by atoms with van der Waals surface area (Å²) in [5.41, 5.74) is 2.03. The lowest BCUT2D eigenvalue weighted by Gasteiger charge is -2.10. The highest BCUT2D eigenvalue weighted by Gasteiger charge is 2.16. The second-order valence-corrected chi connectivity index (χ2v) is 5.34. The summed E-state index contributed by atoms with van der Waals surface area (Å²) < 4.78 is 1.80. The summed E-state index contributed by atoms with van der Waals surface area (Å²) in [4.78, 5) is 12.1. The van der Waals surface area contributed by atoms with Gasteiger partial charge >= 0.3 is 0 Å². The third kappa shape index (κ3) is 3.49. The second kappa shape index (κ2) is 6.54. The van der Waals surface area contributed by atoms with Crippen molar-refractivity contribution in [2.24, 2.45) is 0 Å². The van der Waals surface area contributed by atoms with Crippen LogP contribution in [-0.4, -0.2) is 35.3 Å². The number of amides is 1. The minimum atomic E-state index is -0.0294. The quantitative estimate of drug-likeness (QED) is 0.872. The van der Waals surface area contributed by atoms with Crippen LogP contribution in [0.1, 0.15) is 28.3 Å². The number of nitrogens with one attached hydrogen (secondary N) is 2. The van der Waals surface area contributed by atoms with Crippen molar-refractivity contribution in [1.82, 2.24) is 20.4 Å². The van der Waals surface area contributed by atoms with Gasteiger partial charge in [-0.25, -0.2) is 0 Å². The van der Waals surface area contributed by atoms with E-state index in [-0.39, 0.29) is 5.91 Å². The maximum absolute atomic E-state index is 12.1. The molecular weight excluding hydrogens is 264 g/mol. The molecule has 0 bridgehead atoms. The number of rotatable bonds is 5. The number of carbonyl (C=O) groups excluding carboxylic acids is 1. The summed E-state index contributed by atoms with van der Waals surface area (Å²) in [7, 11) is 0. The molecule has 1 aliphatic rings. The Balaban J connectivity index is 1.52. The summed E-state index contributed by atoms with van der Waals surface area (Å²) >= 11 is 0. The summed E-state index contributed by atoms with van der Waals surface area (Å²) in [6, 6.07) is 9.84. The molecule has 0 aliphatic carbocycles. The Labute approximate surface area is 124 Å². The smallest absolute Gasteiger partial charge is 0.251 e. The Morgan fingerprint density at radius 3 is 2.90 bits per heavy atom. The summed E-state index contributed by atoms with van der Waals surface area (Å²) in [5, 5.41) is 10.4. The molecule has 1 amide bonds. The Morgan fingerprint density at radius 2 is 2.24 bits per heavy atom. The van der Waals surface area contributed by atoms with Crippen molar-refractivity contribution in [1.29, 1.82) is 0 Å². The molecule has 1 unspecified atom stereocenters. The van der Waals surface area contributed by atoms with Crippen LogP contribution in [-0.2, 0) is 6.54 Å². The van der Waals surface area contributed by atoms with E-state index in [1.807, 2.05) is 24.4 Å². The number of benzene rings is 1. The standard InChI is InChI=1S/C16H20N4O/c21-16(18-9-11-20-10-1-7-19-20)14-4-2-13(3-5-14)15-6-8-17-12-15/h1-5,7,10,15,17H,6,8-9,11-12H2,(H,18,21). The van der Waals surface area contributed by atoms with Gasteiger partial charge in [0.1, 0.15) is 0 Å². The van der Waals surface area contributed by atoms with E-state index in [0.717, 1.165) is 13.1 Å². The van der Waals surface area contributed by atoms with Crippen LogP contribution < -0.4 is 10.6 Å². The van der Waals surface area contributed by atoms with Gasteiger partial charge in [-0.2, -0.15) is 5.10 Å². The largest absolute Gasteiger partial charge is 0.350 e. The first-order chi connectivity index (χ1) is 10.3. The van der Waals surface area contributed by atoms with E-state index < -0.39 is 0 Å². The zero-order valence-electron chi connectivity index (χ0n) is 12.0. The number of carbonyl (C=O) groups is 1. The molecule has 1 saturated heterocycles. The van der Waals surface area contributed by atoms with Crippen molar-refractivity contribution in [3.05, 3.63) is 53.9 Å². The van der Waals surface area contributed by atoms with Crippen molar-refractivity contribution in [2.45, 2.75) is 18.9 Å². The summed E-state index contributed by atoms with van der Waals surface area (Å²) in [6.07, 6.45) is 4.80. The molecule has 5 heteroatoms. The fraction of sp³-hybridized carbons (Fsp3) is 0.375. The predicted molar refractivity (Wildman–Crippen MR) is 81.2 cm³/mol. The van der Waals surface area contributed by atoms with Crippen LogP contribution in [0.2, 0.25) is 0 Å². The molecular formula is C16H20N4O. The molecule has 2 N–H and O–H groups in total. The Bertz CT molecular complexity index is 571. The Morgan fingerprint density at radius 1 is 1.38 bits per heavy atom. The van der Waals surface area contributed by atoms with Gasteiger partial charge in [-0.05, 0) is 42.6 Å². The Kier molecular flexibility index (Phi) is 4.31. The number of hydrogen-bond donors (Lipinski definition) is 2. The predicted octanol–water partition coefficient (Wildman–Crippen LogP) is 1.39. The van der Waals surface area contributed by atoms with Crippen LogP contribution in [0, 0.1) is 0 Å². The van der Waals surface area contributed by atoms with E-state index in [9.17, 15) is 4.79 Å². The number of hydrogen-bond acceptors (Lipinski definition) is 3. The van der Waals surface area contributed by atoms with Gasteiger partial charge in [-0.1, -0.05) is 12.1 Å². The van der Waals surface area contributed by atoms with Gasteiger partial charge in [0.25, 0.3) is 5.91 Å². The first-order valence-corrected chi connectivity index (χ1v) is 7.39. The number of aromatic nitrogens is 2. The molecule has 0 radical (unpaired) electrons. The molecule has 1 aromatic carbocycles. The van der Waals surface area contributed by atoms with Gasteiger partial charge in [0.05, 0.1) is 6.54 Å². The SMILES string of the molecule is O=C(NCCn1cccn1)c1ccc(C2CCNC2)cc1. The fourth-order valence-corrected chi connectivity index (χ4v) is 2.66. The molecule has 1 atom stereocenters. The lowest BCUT2D eigenvalue weighted by atomic mass is 9.97. The molecule has 110 valence electrons. The van der Waals surface area contributed by atoms with Crippen LogP contribution in [0.15, 0.2) is 42.7 Å². The van der Waals surface area contributed by atoms with Crippen molar-refractivity contribution in [3.63, 3.8) is 0 Å². The molecule has 3 rings (SSSR count). The topological polar surface area (TPSA) is 59.0 Å². The highest BCUT2D eigenvalue weighted by Crippen LogP contribution is 2.22. The zero-order valence-corrected chi connectivity index (χ0v) is 12.0. The maximum atomic E-state index is 12.1. The maximum Gasteiger partial charge on any atom is 0.251 e. The van der Waals surface area contributed by atoms with E-state index in [1.165, 1.54) is 12.0 Å². The van der Waals surface area contributed by atoms with Crippen molar-refractivity contribution in [2.75, 3.05) is 19.6 Å². The van der Waals surface area contributed by atoms with E-state index in [4.69, 9.17) is 0 Å². The zero-order chi connectivity index (χ0) is 14.5. The molecule has 0 saturated carbocycles. The van der Waals surface area contributed by atoms with Crippen LogP contribution in [0.4, 0.5) is 0 Å². The van der Waals surface area contributed by atoms with Gasteiger partial charge in [0, 0.05) is 31.0 Å². The molecule has 2 aromatic rings. The van der Waals surface area contributed by atoms with Gasteiger partial charge in [-0.15, -0.1) is 0 Å². The highest BCUT2D eigenvalue weighted by molar-refractivity contribution is 5.94. The molecule has 2 heterocycles. The van der Waals surface area contributed by atoms with Crippen LogP contribution in [0.25, 0.3) is 0 Å². The highest BCUT2D eigenvalue weighted by atomic mass is 16.1. The summed E-state index contributed by atoms with van der Waals surface area (Å²) in [5.74, 6) is 0.556. The third-order valence-electron chi connectivity index (χ3n) is 3.89. The first-order valence-electron chi connectivity index (χ1n) is 7.39. The van der Waals surface area contributed by atoms with Gasteiger partial charge in [0.2, 0.25) is 0 Å². The molecule has 1 aliphatic heterocycles. The summed E-state index contributed by atoms with van der Waals surface area (Å²) in [6.45, 7) is 3.38. The average molecular weight is 284 g/mol.